The molecule has 1 unspecified atom stereocenters. The molecule has 20 heavy (non-hydrogen) atoms. The Labute approximate surface area is 122 Å². The van der Waals surface area contributed by atoms with Gasteiger partial charge in [0.25, 0.3) is 0 Å². The number of hydrogen-bond acceptors (Lipinski definition) is 4. The van der Waals surface area contributed by atoms with Gasteiger partial charge in [0.1, 0.15) is 0 Å². The second-order valence-electron chi connectivity index (χ2n) is 4.86. The van der Waals surface area contributed by atoms with Crippen LogP contribution in [0.4, 0.5) is 5.69 Å². The fraction of sp³-hybridized carbons (Fsp3) is 0.429. The number of carbonyl (C=O) groups is 1. The zero-order valence-corrected chi connectivity index (χ0v) is 12.6. The number of imidazole rings is 1. The van der Waals surface area contributed by atoms with Crippen LogP contribution >= 0.6 is 11.8 Å². The number of nitrogens with one attached hydrogen (secondary N) is 2. The van der Waals surface area contributed by atoms with Crippen LogP contribution in [0.15, 0.2) is 23.4 Å². The average Bonchev–Trinajstić information content (AvgIpc) is 2.78. The number of H-pyrrole nitrogens is 1. The van der Waals surface area contributed by atoms with Gasteiger partial charge in [-0.3, -0.25) is 4.79 Å². The van der Waals surface area contributed by atoms with Gasteiger partial charge in [0.05, 0.1) is 16.8 Å². The van der Waals surface area contributed by atoms with E-state index >= 15 is 0 Å². The summed E-state index contributed by atoms with van der Waals surface area (Å²) in [6.45, 7) is 4.13. The molecule has 1 amide bonds. The topological polar surface area (TPSA) is 83.8 Å². The number of hydrogen-bond donors (Lipinski definition) is 3. The van der Waals surface area contributed by atoms with E-state index in [4.69, 9.17) is 5.73 Å². The number of aromatic amines is 1. The zero-order valence-electron chi connectivity index (χ0n) is 11.8. The second kappa shape index (κ2) is 6.65. The summed E-state index contributed by atoms with van der Waals surface area (Å²) in [7, 11) is 0. The maximum atomic E-state index is 11.8. The number of anilines is 1. The predicted molar refractivity (Wildman–Crippen MR) is 83.7 cm³/mol. The van der Waals surface area contributed by atoms with Crippen molar-refractivity contribution < 1.29 is 4.79 Å². The highest BCUT2D eigenvalue weighted by Crippen LogP contribution is 2.20. The minimum Gasteiger partial charge on any atom is -0.399 e. The van der Waals surface area contributed by atoms with Crippen molar-refractivity contribution in [3.8, 4) is 0 Å². The molecule has 108 valence electrons. The monoisotopic (exact) mass is 292 g/mol. The lowest BCUT2D eigenvalue weighted by Gasteiger charge is -2.11. The fourth-order valence-corrected chi connectivity index (χ4v) is 2.72. The van der Waals surface area contributed by atoms with Crippen molar-refractivity contribution in [3.05, 3.63) is 18.2 Å². The van der Waals surface area contributed by atoms with E-state index in [1.165, 1.54) is 11.8 Å². The molecule has 1 atom stereocenters. The summed E-state index contributed by atoms with van der Waals surface area (Å²) in [5, 5.41) is 3.71. The van der Waals surface area contributed by atoms with Gasteiger partial charge in [-0.15, -0.1) is 0 Å². The summed E-state index contributed by atoms with van der Waals surface area (Å²) in [4.78, 5) is 19.4. The molecule has 1 aromatic heterocycles. The second-order valence-corrected chi connectivity index (χ2v) is 5.83. The summed E-state index contributed by atoms with van der Waals surface area (Å²) >= 11 is 1.40. The van der Waals surface area contributed by atoms with Crippen LogP contribution in [0.1, 0.15) is 26.7 Å². The standard InChI is InChI=1S/C14H20N4OS/c1-3-4-9(2)16-13(19)8-20-14-17-11-6-5-10(15)7-12(11)18-14/h5-7,9H,3-4,8,15H2,1-2H3,(H,16,19)(H,17,18). The highest BCUT2D eigenvalue weighted by molar-refractivity contribution is 7.99. The van der Waals surface area contributed by atoms with Crippen molar-refractivity contribution in [1.82, 2.24) is 15.3 Å². The Morgan fingerprint density at radius 3 is 3.10 bits per heavy atom. The SMILES string of the molecule is CCCC(C)NC(=O)CSc1nc2ccc(N)cc2[nH]1. The molecule has 0 radical (unpaired) electrons. The molecule has 6 heteroatoms. The summed E-state index contributed by atoms with van der Waals surface area (Å²) in [6.07, 6.45) is 2.07. The van der Waals surface area contributed by atoms with Crippen molar-refractivity contribution >= 4 is 34.4 Å². The molecule has 0 saturated carbocycles. The first-order chi connectivity index (χ1) is 9.58. The van der Waals surface area contributed by atoms with Gasteiger partial charge >= 0.3 is 0 Å². The number of rotatable bonds is 6. The third-order valence-electron chi connectivity index (χ3n) is 2.95. The molecule has 2 aromatic rings. The van der Waals surface area contributed by atoms with E-state index in [9.17, 15) is 4.79 Å². The highest BCUT2D eigenvalue weighted by Gasteiger charge is 2.09. The third-order valence-corrected chi connectivity index (χ3v) is 3.83. The number of benzene rings is 1. The van der Waals surface area contributed by atoms with Crippen LogP contribution in [-0.2, 0) is 4.79 Å². The van der Waals surface area contributed by atoms with E-state index in [1.54, 1.807) is 0 Å². The van der Waals surface area contributed by atoms with Gasteiger partial charge in [0, 0.05) is 11.7 Å². The minimum absolute atomic E-state index is 0.0379. The Kier molecular flexibility index (Phi) is 4.89. The van der Waals surface area contributed by atoms with Gasteiger partial charge < -0.3 is 16.0 Å². The maximum Gasteiger partial charge on any atom is 0.230 e. The molecule has 0 saturated heterocycles. The van der Waals surface area contributed by atoms with Gasteiger partial charge in [-0.05, 0) is 31.5 Å². The van der Waals surface area contributed by atoms with Gasteiger partial charge in [-0.1, -0.05) is 25.1 Å². The average molecular weight is 292 g/mol. The number of thioether (sulfide) groups is 1. The fourth-order valence-electron chi connectivity index (χ4n) is 2.03. The maximum absolute atomic E-state index is 11.8. The van der Waals surface area contributed by atoms with Gasteiger partial charge in [-0.2, -0.15) is 0 Å². The number of nitrogen functional groups attached to an aromatic ring is 1. The zero-order chi connectivity index (χ0) is 14.5. The molecule has 1 heterocycles. The Hall–Kier alpha value is -1.69. The summed E-state index contributed by atoms with van der Waals surface area (Å²) in [5.41, 5.74) is 8.18. The lowest BCUT2D eigenvalue weighted by atomic mass is 10.2. The molecular formula is C14H20N4OS. The molecule has 0 bridgehead atoms. The number of amides is 1. The van der Waals surface area contributed by atoms with Gasteiger partial charge in [0.15, 0.2) is 5.16 Å². The largest absolute Gasteiger partial charge is 0.399 e. The summed E-state index contributed by atoms with van der Waals surface area (Å²) in [6, 6.07) is 5.75. The van der Waals surface area contributed by atoms with Crippen LogP contribution in [0.5, 0.6) is 0 Å². The lowest BCUT2D eigenvalue weighted by molar-refractivity contribution is -0.119. The van der Waals surface area contributed by atoms with Gasteiger partial charge in [-0.25, -0.2) is 4.98 Å². The van der Waals surface area contributed by atoms with E-state index in [2.05, 4.69) is 22.2 Å². The van der Waals surface area contributed by atoms with E-state index in [1.807, 2.05) is 25.1 Å². The molecule has 0 aliphatic rings. The van der Waals surface area contributed by atoms with Crippen molar-refractivity contribution in [3.63, 3.8) is 0 Å². The number of nitrogens with zero attached hydrogens (tertiary/aromatic N) is 1. The number of fused-ring (bicyclic) bond motifs is 1. The molecule has 0 spiro atoms. The van der Waals surface area contributed by atoms with Crippen molar-refractivity contribution in [2.24, 2.45) is 0 Å². The third kappa shape index (κ3) is 3.90. The summed E-state index contributed by atoms with van der Waals surface area (Å²) in [5.74, 6) is 0.402. The summed E-state index contributed by atoms with van der Waals surface area (Å²) < 4.78 is 0. The van der Waals surface area contributed by atoms with Crippen LogP contribution < -0.4 is 11.1 Å². The first-order valence-electron chi connectivity index (χ1n) is 6.76. The molecule has 0 aliphatic carbocycles. The first kappa shape index (κ1) is 14.7. The van der Waals surface area contributed by atoms with E-state index < -0.39 is 0 Å². The van der Waals surface area contributed by atoms with E-state index in [0.29, 0.717) is 11.4 Å². The van der Waals surface area contributed by atoms with Crippen LogP contribution in [0.2, 0.25) is 0 Å². The normalized spacial score (nSPS) is 12.5. The smallest absolute Gasteiger partial charge is 0.230 e. The van der Waals surface area contributed by atoms with Gasteiger partial charge in [0.2, 0.25) is 5.91 Å². The molecule has 4 N–H and O–H groups in total. The molecule has 0 aliphatic heterocycles. The van der Waals surface area contributed by atoms with Crippen LogP contribution in [0.25, 0.3) is 11.0 Å². The molecular weight excluding hydrogens is 272 g/mol. The lowest BCUT2D eigenvalue weighted by Crippen LogP contribution is -2.33. The van der Waals surface area contributed by atoms with Crippen molar-refractivity contribution in [2.45, 2.75) is 37.9 Å². The Morgan fingerprint density at radius 2 is 2.35 bits per heavy atom. The van der Waals surface area contributed by atoms with E-state index in [-0.39, 0.29) is 11.9 Å². The Morgan fingerprint density at radius 1 is 1.55 bits per heavy atom. The highest BCUT2D eigenvalue weighted by atomic mass is 32.2. The Bertz CT molecular complexity index is 596. The molecule has 1 aromatic carbocycles. The molecule has 2 rings (SSSR count). The Balaban J connectivity index is 1.90. The molecule has 5 nitrogen and oxygen atoms in total. The minimum atomic E-state index is 0.0379. The number of aromatic nitrogens is 2. The first-order valence-corrected chi connectivity index (χ1v) is 7.74. The van der Waals surface area contributed by atoms with Crippen molar-refractivity contribution in [2.75, 3.05) is 11.5 Å². The van der Waals surface area contributed by atoms with Crippen LogP contribution in [0, 0.1) is 0 Å². The number of carbonyl (C=O) groups excluding carboxylic acids is 1. The van der Waals surface area contributed by atoms with Crippen LogP contribution in [0.3, 0.4) is 0 Å². The number of nitrogens with two attached hydrogens (primary N) is 1. The molecule has 0 fully saturated rings. The van der Waals surface area contributed by atoms with Crippen molar-refractivity contribution in [1.29, 1.82) is 0 Å². The predicted octanol–water partition coefficient (Wildman–Crippen LogP) is 2.54. The quantitative estimate of drug-likeness (QED) is 0.564. The van der Waals surface area contributed by atoms with Crippen LogP contribution in [-0.4, -0.2) is 27.7 Å². The van der Waals surface area contributed by atoms with E-state index in [0.717, 1.165) is 29.0 Å².